The number of benzene rings is 2. The lowest BCUT2D eigenvalue weighted by atomic mass is 10.1. The monoisotopic (exact) mass is 368 g/mol. The van der Waals surface area contributed by atoms with Gasteiger partial charge in [0, 0.05) is 34.4 Å². The Morgan fingerprint density at radius 3 is 2.62 bits per heavy atom. The number of hydrogen-bond donors (Lipinski definition) is 1. The van der Waals surface area contributed by atoms with Crippen LogP contribution in [-0.4, -0.2) is 37.4 Å². The van der Waals surface area contributed by atoms with Crippen LogP contribution in [0.3, 0.4) is 0 Å². The minimum atomic E-state index is -0.0113. The number of anilines is 1. The number of rotatable bonds is 7. The zero-order valence-electron chi connectivity index (χ0n) is 15.5. The molecule has 0 aliphatic rings. The molecule has 3 rings (SSSR count). The standard InChI is InChI=1S/C21H24N2O2S/c1-4-23(5-2)11-10-22-17-9-7-15(13-24)21-19(17)20(25)16-8-6-14(3)12-18(16)26-21/h6-9,12-13,22H,4-5,10-11H2,1-3H3. The van der Waals surface area contributed by atoms with Crippen molar-refractivity contribution in [3.63, 3.8) is 0 Å². The van der Waals surface area contributed by atoms with Gasteiger partial charge in [-0.2, -0.15) is 0 Å². The Hall–Kier alpha value is -2.24. The van der Waals surface area contributed by atoms with Crippen LogP contribution in [-0.2, 0) is 0 Å². The number of carbonyl (C=O) groups is 1. The van der Waals surface area contributed by atoms with Crippen molar-refractivity contribution in [3.8, 4) is 0 Å². The fourth-order valence-corrected chi connectivity index (χ4v) is 4.48. The molecule has 0 aliphatic carbocycles. The fourth-order valence-electron chi connectivity index (χ4n) is 3.21. The zero-order chi connectivity index (χ0) is 18.7. The highest BCUT2D eigenvalue weighted by atomic mass is 32.1. The van der Waals surface area contributed by atoms with Gasteiger partial charge in [0.2, 0.25) is 0 Å². The molecule has 136 valence electrons. The molecule has 5 heteroatoms. The van der Waals surface area contributed by atoms with E-state index in [4.69, 9.17) is 0 Å². The highest BCUT2D eigenvalue weighted by Gasteiger charge is 2.13. The third kappa shape index (κ3) is 3.50. The van der Waals surface area contributed by atoms with E-state index >= 15 is 0 Å². The summed E-state index contributed by atoms with van der Waals surface area (Å²) < 4.78 is 1.68. The van der Waals surface area contributed by atoms with Crippen molar-refractivity contribution in [1.82, 2.24) is 4.90 Å². The number of nitrogens with zero attached hydrogens (tertiary/aromatic N) is 1. The summed E-state index contributed by atoms with van der Waals surface area (Å²) >= 11 is 1.51. The molecule has 4 nitrogen and oxygen atoms in total. The lowest BCUT2D eigenvalue weighted by Gasteiger charge is -2.19. The van der Waals surface area contributed by atoms with Crippen molar-refractivity contribution < 1.29 is 4.79 Å². The Kier molecular flexibility index (Phi) is 5.69. The Morgan fingerprint density at radius 2 is 1.92 bits per heavy atom. The van der Waals surface area contributed by atoms with Crippen LogP contribution in [0.5, 0.6) is 0 Å². The van der Waals surface area contributed by atoms with Crippen molar-refractivity contribution in [3.05, 3.63) is 51.7 Å². The highest BCUT2D eigenvalue weighted by Crippen LogP contribution is 2.31. The highest BCUT2D eigenvalue weighted by molar-refractivity contribution is 7.25. The first kappa shape index (κ1) is 18.5. The van der Waals surface area contributed by atoms with Crippen LogP contribution in [0.2, 0.25) is 0 Å². The summed E-state index contributed by atoms with van der Waals surface area (Å²) in [5.74, 6) is 0. The number of nitrogens with one attached hydrogen (secondary N) is 1. The number of aldehydes is 1. The largest absolute Gasteiger partial charge is 0.383 e. The van der Waals surface area contributed by atoms with Crippen LogP contribution < -0.4 is 10.7 Å². The van der Waals surface area contributed by atoms with Crippen molar-refractivity contribution in [2.24, 2.45) is 0 Å². The second-order valence-corrected chi connectivity index (χ2v) is 7.46. The fraction of sp³-hybridized carbons (Fsp3) is 0.333. The molecule has 0 fully saturated rings. The molecule has 0 atom stereocenters. The van der Waals surface area contributed by atoms with Crippen LogP contribution in [0.25, 0.3) is 20.2 Å². The molecule has 2 aromatic carbocycles. The summed E-state index contributed by atoms with van der Waals surface area (Å²) in [7, 11) is 0. The van der Waals surface area contributed by atoms with Gasteiger partial charge in [-0.1, -0.05) is 19.9 Å². The maximum atomic E-state index is 13.1. The minimum Gasteiger partial charge on any atom is -0.383 e. The maximum absolute atomic E-state index is 13.1. The quantitative estimate of drug-likeness (QED) is 0.499. The van der Waals surface area contributed by atoms with Gasteiger partial charge in [-0.3, -0.25) is 9.59 Å². The maximum Gasteiger partial charge on any atom is 0.197 e. The van der Waals surface area contributed by atoms with Crippen molar-refractivity contribution in [1.29, 1.82) is 0 Å². The van der Waals surface area contributed by atoms with Gasteiger partial charge in [-0.25, -0.2) is 0 Å². The van der Waals surface area contributed by atoms with E-state index in [1.165, 1.54) is 11.3 Å². The predicted molar refractivity (Wildman–Crippen MR) is 112 cm³/mol. The Bertz CT molecular complexity index is 1010. The number of aryl methyl sites for hydroxylation is 1. The van der Waals surface area contributed by atoms with Crippen molar-refractivity contribution in [2.45, 2.75) is 20.8 Å². The second-order valence-electron chi connectivity index (χ2n) is 6.41. The van der Waals surface area contributed by atoms with E-state index in [-0.39, 0.29) is 5.43 Å². The molecule has 0 aliphatic heterocycles. The van der Waals surface area contributed by atoms with Crippen LogP contribution in [0, 0.1) is 6.92 Å². The topological polar surface area (TPSA) is 49.4 Å². The van der Waals surface area contributed by atoms with E-state index in [0.29, 0.717) is 16.3 Å². The molecule has 0 saturated carbocycles. The summed E-state index contributed by atoms with van der Waals surface area (Å²) in [4.78, 5) is 27.0. The van der Waals surface area contributed by atoms with Crippen LogP contribution in [0.15, 0.2) is 35.1 Å². The van der Waals surface area contributed by atoms with Gasteiger partial charge in [0.25, 0.3) is 0 Å². The average Bonchev–Trinajstić information content (AvgIpc) is 2.65. The van der Waals surface area contributed by atoms with Gasteiger partial charge >= 0.3 is 0 Å². The van der Waals surface area contributed by atoms with Gasteiger partial charge in [0.05, 0.1) is 10.1 Å². The van der Waals surface area contributed by atoms with E-state index < -0.39 is 0 Å². The minimum absolute atomic E-state index is 0.0113. The Morgan fingerprint density at radius 1 is 1.15 bits per heavy atom. The SMILES string of the molecule is CCN(CC)CCNc1ccc(C=O)c2sc3cc(C)ccc3c(=O)c12. The molecule has 1 N–H and O–H groups in total. The number of likely N-dealkylation sites (N-methyl/N-ethyl adjacent to an activating group) is 1. The third-order valence-corrected chi connectivity index (χ3v) is 5.98. The van der Waals surface area contributed by atoms with Gasteiger partial charge in [-0.05, 0) is 49.8 Å². The third-order valence-electron chi connectivity index (χ3n) is 4.77. The van der Waals surface area contributed by atoms with Gasteiger partial charge in [0.15, 0.2) is 11.7 Å². The molecule has 26 heavy (non-hydrogen) atoms. The predicted octanol–water partition coefficient (Wildman–Crippen LogP) is 4.29. The van der Waals surface area contributed by atoms with E-state index in [9.17, 15) is 9.59 Å². The molecule has 0 unspecified atom stereocenters. The van der Waals surface area contributed by atoms with Crippen molar-refractivity contribution in [2.75, 3.05) is 31.5 Å². The van der Waals surface area contributed by atoms with E-state index in [1.54, 1.807) is 6.07 Å². The number of hydrogen-bond acceptors (Lipinski definition) is 5. The first-order chi connectivity index (χ1) is 12.6. The Labute approximate surface area is 157 Å². The molecule has 0 radical (unpaired) electrons. The van der Waals surface area contributed by atoms with Gasteiger partial charge < -0.3 is 10.2 Å². The van der Waals surface area contributed by atoms with Crippen molar-refractivity contribution >= 4 is 43.5 Å². The molecule has 1 heterocycles. The summed E-state index contributed by atoms with van der Waals surface area (Å²) in [6.07, 6.45) is 0.833. The second kappa shape index (κ2) is 7.98. The smallest absolute Gasteiger partial charge is 0.197 e. The number of carbonyl (C=O) groups excluding carboxylic acids is 1. The summed E-state index contributed by atoms with van der Waals surface area (Å²) in [6, 6.07) is 9.50. The molecular formula is C21H24N2O2S. The lowest BCUT2D eigenvalue weighted by molar-refractivity contribution is 0.112. The molecular weight excluding hydrogens is 344 g/mol. The van der Waals surface area contributed by atoms with Crippen LogP contribution >= 0.6 is 11.3 Å². The molecule has 1 aromatic heterocycles. The number of fused-ring (bicyclic) bond motifs is 2. The molecule has 0 bridgehead atoms. The van der Waals surface area contributed by atoms with Gasteiger partial charge in [-0.15, -0.1) is 11.3 Å². The summed E-state index contributed by atoms with van der Waals surface area (Å²) in [5.41, 5.74) is 2.47. The summed E-state index contributed by atoms with van der Waals surface area (Å²) in [6.45, 7) is 9.96. The summed E-state index contributed by atoms with van der Waals surface area (Å²) in [5, 5.41) is 4.74. The molecule has 0 saturated heterocycles. The molecule has 0 spiro atoms. The van der Waals surface area contributed by atoms with E-state index in [2.05, 4.69) is 24.1 Å². The Balaban J connectivity index is 2.11. The van der Waals surface area contributed by atoms with Gasteiger partial charge in [0.1, 0.15) is 0 Å². The van der Waals surface area contributed by atoms with Crippen LogP contribution in [0.1, 0.15) is 29.8 Å². The normalized spacial score (nSPS) is 11.4. The molecule has 3 aromatic rings. The molecule has 0 amide bonds. The van der Waals surface area contributed by atoms with Crippen LogP contribution in [0.4, 0.5) is 5.69 Å². The average molecular weight is 369 g/mol. The first-order valence-electron chi connectivity index (χ1n) is 9.00. The first-order valence-corrected chi connectivity index (χ1v) is 9.82. The van der Waals surface area contributed by atoms with E-state index in [0.717, 1.165) is 53.1 Å². The lowest BCUT2D eigenvalue weighted by Crippen LogP contribution is -2.28. The zero-order valence-corrected chi connectivity index (χ0v) is 16.3. The van der Waals surface area contributed by atoms with E-state index in [1.807, 2.05) is 31.2 Å².